The standard InChI is InChI=1S/C10H12N2O4/c13-9-8(10(14)15)1-4-11-12(9)7-2-5-16-6-3-7/h1,4,7H,2-3,5-6H2,(H,14,15). The zero-order valence-corrected chi connectivity index (χ0v) is 8.63. The van der Waals surface area contributed by atoms with Crippen LogP contribution < -0.4 is 5.56 Å². The van der Waals surface area contributed by atoms with Gasteiger partial charge in [-0.25, -0.2) is 9.48 Å². The Hall–Kier alpha value is -1.69. The topological polar surface area (TPSA) is 81.4 Å². The van der Waals surface area contributed by atoms with E-state index in [1.54, 1.807) is 0 Å². The average molecular weight is 224 g/mol. The van der Waals surface area contributed by atoms with Gasteiger partial charge < -0.3 is 9.84 Å². The summed E-state index contributed by atoms with van der Waals surface area (Å²) in [6, 6.07) is 1.17. The number of aromatic carboxylic acids is 1. The number of hydrogen-bond acceptors (Lipinski definition) is 4. The molecule has 0 atom stereocenters. The minimum atomic E-state index is -1.21. The molecule has 1 aliphatic heterocycles. The van der Waals surface area contributed by atoms with E-state index >= 15 is 0 Å². The van der Waals surface area contributed by atoms with Crippen LogP contribution in [0.4, 0.5) is 0 Å². The number of carboxylic acids is 1. The van der Waals surface area contributed by atoms with Gasteiger partial charge in [-0.15, -0.1) is 0 Å². The fourth-order valence-electron chi connectivity index (χ4n) is 1.78. The molecule has 6 heteroatoms. The third-order valence-electron chi connectivity index (χ3n) is 2.64. The number of hydrogen-bond donors (Lipinski definition) is 1. The highest BCUT2D eigenvalue weighted by Gasteiger charge is 2.20. The number of rotatable bonds is 2. The van der Waals surface area contributed by atoms with Gasteiger partial charge in [0.2, 0.25) is 0 Å². The number of ether oxygens (including phenoxy) is 1. The van der Waals surface area contributed by atoms with E-state index in [9.17, 15) is 9.59 Å². The Bertz CT molecular complexity index is 448. The van der Waals surface area contributed by atoms with Crippen LogP contribution in [0, 0.1) is 0 Å². The molecule has 1 aliphatic rings. The Morgan fingerprint density at radius 3 is 2.81 bits per heavy atom. The van der Waals surface area contributed by atoms with Crippen molar-refractivity contribution in [3.8, 4) is 0 Å². The van der Waals surface area contributed by atoms with Gasteiger partial charge in [0, 0.05) is 19.4 Å². The summed E-state index contributed by atoms with van der Waals surface area (Å²) in [5, 5.41) is 12.8. The predicted octanol–water partition coefficient (Wildman–Crippen LogP) is 0.293. The Labute approximate surface area is 91.5 Å². The van der Waals surface area contributed by atoms with Crippen LogP contribution in [0.2, 0.25) is 0 Å². The maximum absolute atomic E-state index is 11.8. The first-order valence-electron chi connectivity index (χ1n) is 5.09. The van der Waals surface area contributed by atoms with Gasteiger partial charge in [0.15, 0.2) is 0 Å². The zero-order chi connectivity index (χ0) is 11.5. The van der Waals surface area contributed by atoms with E-state index in [1.807, 2.05) is 0 Å². The molecule has 86 valence electrons. The molecule has 1 N–H and O–H groups in total. The van der Waals surface area contributed by atoms with E-state index in [0.29, 0.717) is 26.1 Å². The Morgan fingerprint density at radius 2 is 2.19 bits per heavy atom. The van der Waals surface area contributed by atoms with Crippen molar-refractivity contribution >= 4 is 5.97 Å². The first kappa shape index (κ1) is 10.8. The van der Waals surface area contributed by atoms with Gasteiger partial charge in [0.1, 0.15) is 5.56 Å². The lowest BCUT2D eigenvalue weighted by atomic mass is 10.1. The van der Waals surface area contributed by atoms with Gasteiger partial charge in [-0.05, 0) is 18.9 Å². The van der Waals surface area contributed by atoms with E-state index < -0.39 is 11.5 Å². The summed E-state index contributed by atoms with van der Waals surface area (Å²) in [4.78, 5) is 22.6. The van der Waals surface area contributed by atoms with Crippen molar-refractivity contribution in [2.24, 2.45) is 0 Å². The molecule has 1 fully saturated rings. The molecule has 0 spiro atoms. The SMILES string of the molecule is O=C(O)c1ccnn(C2CCOCC2)c1=O. The molecular formula is C10H12N2O4. The van der Waals surface area contributed by atoms with Crippen molar-refractivity contribution in [2.75, 3.05) is 13.2 Å². The fourth-order valence-corrected chi connectivity index (χ4v) is 1.78. The molecule has 0 amide bonds. The van der Waals surface area contributed by atoms with E-state index in [4.69, 9.17) is 9.84 Å². The molecule has 0 aliphatic carbocycles. The van der Waals surface area contributed by atoms with Crippen molar-refractivity contribution in [1.82, 2.24) is 9.78 Å². The average Bonchev–Trinajstić information content (AvgIpc) is 2.30. The molecule has 6 nitrogen and oxygen atoms in total. The lowest BCUT2D eigenvalue weighted by Crippen LogP contribution is -2.34. The Balaban J connectivity index is 2.37. The van der Waals surface area contributed by atoms with Crippen molar-refractivity contribution in [3.05, 3.63) is 28.2 Å². The smallest absolute Gasteiger partial charge is 0.341 e. The van der Waals surface area contributed by atoms with E-state index in [0.717, 1.165) is 0 Å². The molecule has 0 unspecified atom stereocenters. The molecule has 0 aromatic carbocycles. The normalized spacial score (nSPS) is 17.2. The van der Waals surface area contributed by atoms with Crippen LogP contribution in [-0.4, -0.2) is 34.1 Å². The van der Waals surface area contributed by atoms with Crippen molar-refractivity contribution in [1.29, 1.82) is 0 Å². The van der Waals surface area contributed by atoms with Crippen molar-refractivity contribution < 1.29 is 14.6 Å². The minimum absolute atomic E-state index is 0.0550. The van der Waals surface area contributed by atoms with E-state index in [1.165, 1.54) is 16.9 Å². The number of nitrogens with zero attached hydrogens (tertiary/aromatic N) is 2. The first-order valence-corrected chi connectivity index (χ1v) is 5.09. The first-order chi connectivity index (χ1) is 7.70. The zero-order valence-electron chi connectivity index (χ0n) is 8.63. The summed E-state index contributed by atoms with van der Waals surface area (Å²) in [5.74, 6) is -1.21. The Kier molecular flexibility index (Phi) is 3.00. The molecular weight excluding hydrogens is 212 g/mol. The van der Waals surface area contributed by atoms with Gasteiger partial charge in [-0.1, -0.05) is 0 Å². The van der Waals surface area contributed by atoms with Gasteiger partial charge >= 0.3 is 5.97 Å². The molecule has 1 aromatic heterocycles. The molecule has 1 aromatic rings. The highest BCUT2D eigenvalue weighted by Crippen LogP contribution is 2.17. The summed E-state index contributed by atoms with van der Waals surface area (Å²) in [6.07, 6.45) is 2.73. The fraction of sp³-hybridized carbons (Fsp3) is 0.500. The molecule has 1 saturated heterocycles. The second-order valence-corrected chi connectivity index (χ2v) is 3.64. The van der Waals surface area contributed by atoms with Crippen LogP contribution in [0.1, 0.15) is 29.2 Å². The highest BCUT2D eigenvalue weighted by molar-refractivity contribution is 5.86. The Morgan fingerprint density at radius 1 is 1.50 bits per heavy atom. The highest BCUT2D eigenvalue weighted by atomic mass is 16.5. The molecule has 16 heavy (non-hydrogen) atoms. The second-order valence-electron chi connectivity index (χ2n) is 3.64. The number of carboxylic acid groups (broad SMARTS) is 1. The maximum Gasteiger partial charge on any atom is 0.341 e. The van der Waals surface area contributed by atoms with Crippen LogP contribution in [0.3, 0.4) is 0 Å². The van der Waals surface area contributed by atoms with Gasteiger partial charge in [-0.3, -0.25) is 4.79 Å². The number of carbonyl (C=O) groups is 1. The molecule has 2 heterocycles. The summed E-state index contributed by atoms with van der Waals surface area (Å²) in [6.45, 7) is 1.16. The van der Waals surface area contributed by atoms with Gasteiger partial charge in [0.05, 0.1) is 6.04 Å². The quantitative estimate of drug-likeness (QED) is 0.781. The van der Waals surface area contributed by atoms with Gasteiger partial charge in [-0.2, -0.15) is 5.10 Å². The molecule has 0 bridgehead atoms. The lowest BCUT2D eigenvalue weighted by Gasteiger charge is -2.22. The van der Waals surface area contributed by atoms with E-state index in [-0.39, 0.29) is 11.6 Å². The minimum Gasteiger partial charge on any atom is -0.477 e. The van der Waals surface area contributed by atoms with Crippen LogP contribution in [0.5, 0.6) is 0 Å². The summed E-state index contributed by atoms with van der Waals surface area (Å²) >= 11 is 0. The van der Waals surface area contributed by atoms with Crippen LogP contribution in [-0.2, 0) is 4.74 Å². The van der Waals surface area contributed by atoms with Crippen LogP contribution in [0.25, 0.3) is 0 Å². The third kappa shape index (κ3) is 1.96. The third-order valence-corrected chi connectivity index (χ3v) is 2.64. The van der Waals surface area contributed by atoms with Crippen molar-refractivity contribution in [2.45, 2.75) is 18.9 Å². The largest absolute Gasteiger partial charge is 0.477 e. The molecule has 0 saturated carbocycles. The summed E-state index contributed by atoms with van der Waals surface area (Å²) in [7, 11) is 0. The second kappa shape index (κ2) is 4.44. The molecule has 0 radical (unpaired) electrons. The summed E-state index contributed by atoms with van der Waals surface area (Å²) < 4.78 is 6.44. The van der Waals surface area contributed by atoms with Crippen LogP contribution in [0.15, 0.2) is 17.1 Å². The lowest BCUT2D eigenvalue weighted by molar-refractivity contribution is 0.0635. The predicted molar refractivity (Wildman–Crippen MR) is 54.5 cm³/mol. The van der Waals surface area contributed by atoms with Gasteiger partial charge in [0.25, 0.3) is 5.56 Å². The summed E-state index contributed by atoms with van der Waals surface area (Å²) in [5.41, 5.74) is -0.775. The van der Waals surface area contributed by atoms with Crippen molar-refractivity contribution in [3.63, 3.8) is 0 Å². The van der Waals surface area contributed by atoms with Crippen LogP contribution >= 0.6 is 0 Å². The van der Waals surface area contributed by atoms with E-state index in [2.05, 4.69) is 5.10 Å². The monoisotopic (exact) mass is 224 g/mol. The number of aromatic nitrogens is 2. The maximum atomic E-state index is 11.8. The molecule has 2 rings (SSSR count).